The molecule has 1 rings (SSSR count). The first-order valence-electron chi connectivity index (χ1n) is 3.49. The van der Waals surface area contributed by atoms with Crippen molar-refractivity contribution in [2.75, 3.05) is 7.11 Å². The molecule has 0 fully saturated rings. The van der Waals surface area contributed by atoms with Crippen LogP contribution in [-0.4, -0.2) is 19.3 Å². The molecule has 0 aromatic heterocycles. The summed E-state index contributed by atoms with van der Waals surface area (Å²) in [5.41, 5.74) is 1.11. The molecule has 0 bridgehead atoms. The molecule has 0 spiro atoms. The van der Waals surface area contributed by atoms with E-state index in [1.165, 1.54) is 7.11 Å². The molecule has 0 heterocycles. The third-order valence-electron chi connectivity index (χ3n) is 1.52. The van der Waals surface area contributed by atoms with Gasteiger partial charge in [0, 0.05) is 7.11 Å². The summed E-state index contributed by atoms with van der Waals surface area (Å²) in [6, 6.07) is 8.65. The first kappa shape index (κ1) is 8.79. The largest absolute Gasteiger partial charge is 0.490 e. The SMILES string of the molecule is COB(O)c1cccc(C#N)c1. The maximum absolute atomic E-state index is 9.22. The van der Waals surface area contributed by atoms with Crippen LogP contribution < -0.4 is 5.46 Å². The van der Waals surface area contributed by atoms with Crippen LogP contribution in [0.2, 0.25) is 0 Å². The van der Waals surface area contributed by atoms with E-state index in [1.807, 2.05) is 6.07 Å². The Kier molecular flexibility index (Phi) is 2.86. The fourth-order valence-corrected chi connectivity index (χ4v) is 0.898. The van der Waals surface area contributed by atoms with Crippen LogP contribution in [0, 0.1) is 11.3 Å². The summed E-state index contributed by atoms with van der Waals surface area (Å²) in [5.74, 6) is 0. The number of rotatable bonds is 2. The zero-order valence-electron chi connectivity index (χ0n) is 6.69. The fraction of sp³-hybridized carbons (Fsp3) is 0.125. The Bertz CT molecular complexity index is 308. The monoisotopic (exact) mass is 161 g/mol. The third-order valence-corrected chi connectivity index (χ3v) is 1.52. The van der Waals surface area contributed by atoms with Crippen LogP contribution in [0.5, 0.6) is 0 Å². The summed E-state index contributed by atoms with van der Waals surface area (Å²) in [6.45, 7) is 0. The number of nitrogens with zero attached hydrogens (tertiary/aromatic N) is 1. The maximum atomic E-state index is 9.22. The Hall–Kier alpha value is -1.31. The molecule has 1 N–H and O–H groups in total. The number of benzene rings is 1. The molecule has 0 radical (unpaired) electrons. The second kappa shape index (κ2) is 3.91. The van der Waals surface area contributed by atoms with Gasteiger partial charge >= 0.3 is 7.12 Å². The lowest BCUT2D eigenvalue weighted by Gasteiger charge is -2.02. The smallest absolute Gasteiger partial charge is 0.423 e. The Morgan fingerprint density at radius 3 is 2.92 bits per heavy atom. The Balaban J connectivity index is 2.95. The number of hydrogen-bond acceptors (Lipinski definition) is 3. The molecule has 0 saturated carbocycles. The van der Waals surface area contributed by atoms with Crippen LogP contribution in [0.1, 0.15) is 5.56 Å². The minimum Gasteiger partial charge on any atom is -0.423 e. The van der Waals surface area contributed by atoms with Crippen LogP contribution in [0.3, 0.4) is 0 Å². The van der Waals surface area contributed by atoms with Gasteiger partial charge in [-0.1, -0.05) is 12.1 Å². The van der Waals surface area contributed by atoms with E-state index in [4.69, 9.17) is 5.26 Å². The summed E-state index contributed by atoms with van der Waals surface area (Å²) >= 11 is 0. The molecule has 1 aromatic rings. The molecule has 1 aromatic carbocycles. The Morgan fingerprint density at radius 1 is 1.58 bits per heavy atom. The molecular formula is C8H8BNO2. The fourth-order valence-electron chi connectivity index (χ4n) is 0.898. The van der Waals surface area contributed by atoms with Gasteiger partial charge in [0.1, 0.15) is 0 Å². The quantitative estimate of drug-likeness (QED) is 0.615. The lowest BCUT2D eigenvalue weighted by atomic mass is 9.79. The summed E-state index contributed by atoms with van der Waals surface area (Å²) in [6.07, 6.45) is 0. The van der Waals surface area contributed by atoms with Gasteiger partial charge in [-0.25, -0.2) is 0 Å². The van der Waals surface area contributed by atoms with Gasteiger partial charge in [0.2, 0.25) is 0 Å². The number of hydrogen-bond donors (Lipinski definition) is 1. The first-order chi connectivity index (χ1) is 5.77. The molecule has 0 amide bonds. The predicted octanol–water partition coefficient (Wildman–Crippen LogP) is -0.108. The highest BCUT2D eigenvalue weighted by atomic mass is 16.5. The second-order valence-electron chi connectivity index (χ2n) is 2.33. The highest BCUT2D eigenvalue weighted by Crippen LogP contribution is 1.94. The van der Waals surface area contributed by atoms with Gasteiger partial charge in [0.15, 0.2) is 0 Å². The minimum atomic E-state index is -0.946. The van der Waals surface area contributed by atoms with Crippen LogP contribution >= 0.6 is 0 Å². The maximum Gasteiger partial charge on any atom is 0.490 e. The van der Waals surface area contributed by atoms with Crippen LogP contribution in [0.25, 0.3) is 0 Å². The zero-order valence-corrected chi connectivity index (χ0v) is 6.69. The van der Waals surface area contributed by atoms with Crippen LogP contribution in [0.15, 0.2) is 24.3 Å². The van der Waals surface area contributed by atoms with Gasteiger partial charge in [0.25, 0.3) is 0 Å². The van der Waals surface area contributed by atoms with Crippen molar-refractivity contribution in [3.63, 3.8) is 0 Å². The standard InChI is InChI=1S/C8H8BNO2/c1-12-9(11)8-4-2-3-7(5-8)6-10/h2-5,11H,1H3. The van der Waals surface area contributed by atoms with E-state index < -0.39 is 7.12 Å². The highest BCUT2D eigenvalue weighted by molar-refractivity contribution is 6.59. The van der Waals surface area contributed by atoms with Gasteiger partial charge < -0.3 is 9.68 Å². The average molecular weight is 161 g/mol. The summed E-state index contributed by atoms with van der Waals surface area (Å²) in [4.78, 5) is 0. The Labute approximate surface area is 71.4 Å². The first-order valence-corrected chi connectivity index (χ1v) is 3.49. The van der Waals surface area contributed by atoms with Gasteiger partial charge in [0.05, 0.1) is 11.6 Å². The third kappa shape index (κ3) is 1.85. The molecule has 3 nitrogen and oxygen atoms in total. The molecule has 0 saturated heterocycles. The highest BCUT2D eigenvalue weighted by Gasteiger charge is 2.13. The topological polar surface area (TPSA) is 53.2 Å². The van der Waals surface area contributed by atoms with E-state index in [-0.39, 0.29) is 0 Å². The summed E-state index contributed by atoms with van der Waals surface area (Å²) in [5, 5.41) is 17.8. The van der Waals surface area contributed by atoms with E-state index in [9.17, 15) is 5.02 Å². The van der Waals surface area contributed by atoms with Crippen molar-refractivity contribution in [3.8, 4) is 6.07 Å². The summed E-state index contributed by atoms with van der Waals surface area (Å²) < 4.78 is 4.68. The van der Waals surface area contributed by atoms with Gasteiger partial charge in [-0.2, -0.15) is 5.26 Å². The van der Waals surface area contributed by atoms with E-state index >= 15 is 0 Å². The lowest BCUT2D eigenvalue weighted by Crippen LogP contribution is -2.32. The van der Waals surface area contributed by atoms with E-state index in [0.717, 1.165) is 0 Å². The van der Waals surface area contributed by atoms with Crippen molar-refractivity contribution in [1.29, 1.82) is 5.26 Å². The molecule has 0 unspecified atom stereocenters. The molecule has 0 aliphatic rings. The molecule has 0 aliphatic heterocycles. The molecule has 4 heteroatoms. The average Bonchev–Trinajstić information content (AvgIpc) is 2.17. The zero-order chi connectivity index (χ0) is 8.97. The molecule has 60 valence electrons. The second-order valence-corrected chi connectivity index (χ2v) is 2.33. The summed E-state index contributed by atoms with van der Waals surface area (Å²) in [7, 11) is 0.460. The molecule has 12 heavy (non-hydrogen) atoms. The Morgan fingerprint density at radius 2 is 2.33 bits per heavy atom. The normalized spacial score (nSPS) is 9.08. The van der Waals surface area contributed by atoms with Crippen molar-refractivity contribution < 1.29 is 9.68 Å². The van der Waals surface area contributed by atoms with Gasteiger partial charge in [-0.15, -0.1) is 0 Å². The van der Waals surface area contributed by atoms with Crippen molar-refractivity contribution in [2.45, 2.75) is 0 Å². The molecule has 0 aliphatic carbocycles. The van der Waals surface area contributed by atoms with E-state index in [2.05, 4.69) is 4.65 Å². The van der Waals surface area contributed by atoms with E-state index in [1.54, 1.807) is 24.3 Å². The predicted molar refractivity (Wildman–Crippen MR) is 45.8 cm³/mol. The van der Waals surface area contributed by atoms with Crippen molar-refractivity contribution in [3.05, 3.63) is 29.8 Å². The van der Waals surface area contributed by atoms with Gasteiger partial charge in [-0.3, -0.25) is 0 Å². The van der Waals surface area contributed by atoms with Crippen molar-refractivity contribution in [2.24, 2.45) is 0 Å². The molecular weight excluding hydrogens is 153 g/mol. The van der Waals surface area contributed by atoms with Gasteiger partial charge in [-0.05, 0) is 17.6 Å². The lowest BCUT2D eigenvalue weighted by molar-refractivity contribution is 0.341. The van der Waals surface area contributed by atoms with Crippen molar-refractivity contribution >= 4 is 12.6 Å². The molecule has 0 atom stereocenters. The van der Waals surface area contributed by atoms with E-state index in [0.29, 0.717) is 11.0 Å². The van der Waals surface area contributed by atoms with Crippen LogP contribution in [0.4, 0.5) is 0 Å². The minimum absolute atomic E-state index is 0.517. The van der Waals surface area contributed by atoms with Crippen molar-refractivity contribution in [1.82, 2.24) is 0 Å². The number of nitriles is 1. The van der Waals surface area contributed by atoms with Crippen LogP contribution in [-0.2, 0) is 4.65 Å².